The van der Waals surface area contributed by atoms with E-state index in [9.17, 15) is 9.90 Å². The smallest absolute Gasteiger partial charge is 0.337 e. The van der Waals surface area contributed by atoms with Gasteiger partial charge in [0.25, 0.3) is 0 Å². The van der Waals surface area contributed by atoms with Crippen LogP contribution in [-0.2, 0) is 9.53 Å². The van der Waals surface area contributed by atoms with Crippen LogP contribution in [0.2, 0.25) is 0 Å². The van der Waals surface area contributed by atoms with E-state index < -0.39 is 13.2 Å². The van der Waals surface area contributed by atoms with Gasteiger partial charge in [0.05, 0.1) is 38.6 Å². The predicted molar refractivity (Wildman–Crippen MR) is 117 cm³/mol. The molecule has 4 nitrogen and oxygen atoms in total. The first kappa shape index (κ1) is 20.8. The lowest BCUT2D eigenvalue weighted by Crippen LogP contribution is -2.25. The van der Waals surface area contributed by atoms with Gasteiger partial charge in [-0.3, -0.25) is 4.98 Å². The number of carbonyl (C=O) groups excluding carboxylic acids is 1. The highest BCUT2D eigenvalue weighted by Crippen LogP contribution is 2.66. The zero-order valence-electron chi connectivity index (χ0n) is 16.8. The highest BCUT2D eigenvalue weighted by molar-refractivity contribution is 7.82. The average Bonchev–Trinajstić information content (AvgIpc) is 2.78. The summed E-state index contributed by atoms with van der Waals surface area (Å²) in [4.78, 5) is 16.9. The minimum atomic E-state index is -2.00. The van der Waals surface area contributed by atoms with Crippen molar-refractivity contribution in [2.75, 3.05) is 20.4 Å². The number of hydrogen-bond donors (Lipinski definition) is 0. The molecule has 1 aromatic heterocycles. The lowest BCUT2D eigenvalue weighted by atomic mass is 10.0. The van der Waals surface area contributed by atoms with Gasteiger partial charge < -0.3 is 9.84 Å². The molecule has 3 rings (SSSR count). The molecule has 29 heavy (non-hydrogen) atoms. The molecule has 1 unspecified atom stereocenters. The summed E-state index contributed by atoms with van der Waals surface area (Å²) in [5.41, 5.74) is 1.12. The van der Waals surface area contributed by atoms with E-state index in [2.05, 4.69) is 30.4 Å². The molecule has 0 aliphatic rings. The first-order valence-corrected chi connectivity index (χ1v) is 12.1. The number of methoxy groups -OCH3 is 1. The predicted octanol–water partition coefficient (Wildman–Crippen LogP) is 3.67. The molecule has 2 aromatic carbocycles. The standard InChI is InChI=1S/C24H24NO3P/c1-28-24(27)21(22(26)18-14-16-25-17-15-18)23(19-10-6-4-7-11-19)29(2,3)20-12-8-5-9-13-20/h4-17,23H,1-3H3. The molecule has 0 fully saturated rings. The van der Waals surface area contributed by atoms with E-state index in [1.165, 1.54) is 7.11 Å². The number of benzene rings is 2. The number of aromatic nitrogens is 1. The molecule has 0 saturated carbocycles. The molecule has 1 heterocycles. The van der Waals surface area contributed by atoms with Gasteiger partial charge in [-0.25, -0.2) is 4.79 Å². The van der Waals surface area contributed by atoms with E-state index in [1.807, 2.05) is 48.5 Å². The zero-order chi connectivity index (χ0) is 20.9. The van der Waals surface area contributed by atoms with Gasteiger partial charge in [-0.15, -0.1) is 0 Å². The lowest BCUT2D eigenvalue weighted by molar-refractivity contribution is -0.245. The number of nitrogens with zero attached hydrogens (tertiary/aromatic N) is 1. The highest BCUT2D eigenvalue weighted by Gasteiger charge is 2.45. The van der Waals surface area contributed by atoms with Gasteiger partial charge in [0.15, 0.2) is 0 Å². The third kappa shape index (κ3) is 4.38. The largest absolute Gasteiger partial charge is 0.872 e. The Kier molecular flexibility index (Phi) is 6.46. The van der Waals surface area contributed by atoms with Crippen molar-refractivity contribution in [1.29, 1.82) is 0 Å². The molecule has 0 aliphatic carbocycles. The molecule has 0 aliphatic heterocycles. The van der Waals surface area contributed by atoms with Crippen LogP contribution < -0.4 is 10.4 Å². The summed E-state index contributed by atoms with van der Waals surface area (Å²) >= 11 is 0. The third-order valence-corrected chi connectivity index (χ3v) is 8.52. The summed E-state index contributed by atoms with van der Waals surface area (Å²) < 4.78 is 5.09. The summed E-state index contributed by atoms with van der Waals surface area (Å²) in [5.74, 6) is -0.915. The number of rotatable bonds is 6. The minimum Gasteiger partial charge on any atom is -0.872 e. The summed E-state index contributed by atoms with van der Waals surface area (Å²) in [6.07, 6.45) is 3.11. The van der Waals surface area contributed by atoms with Crippen molar-refractivity contribution < 1.29 is 14.6 Å². The van der Waals surface area contributed by atoms with Crippen LogP contribution >= 0.6 is 7.26 Å². The van der Waals surface area contributed by atoms with Gasteiger partial charge in [0.1, 0.15) is 5.66 Å². The fourth-order valence-electron chi connectivity index (χ4n) is 3.56. The van der Waals surface area contributed by atoms with Crippen molar-refractivity contribution in [3.05, 3.63) is 102 Å². The fraction of sp³-hybridized carbons (Fsp3) is 0.167. The van der Waals surface area contributed by atoms with Gasteiger partial charge in [-0.1, -0.05) is 54.3 Å². The molecule has 0 N–H and O–H groups in total. The van der Waals surface area contributed by atoms with E-state index in [-0.39, 0.29) is 17.0 Å². The second-order valence-corrected chi connectivity index (χ2v) is 11.3. The Morgan fingerprint density at radius 2 is 1.48 bits per heavy atom. The molecular weight excluding hydrogens is 381 g/mol. The molecule has 0 saturated heterocycles. The van der Waals surface area contributed by atoms with Crippen LogP contribution in [0.5, 0.6) is 0 Å². The second kappa shape index (κ2) is 9.02. The van der Waals surface area contributed by atoms with Crippen LogP contribution in [0.3, 0.4) is 0 Å². The average molecular weight is 405 g/mol. The normalized spacial score (nSPS) is 13.3. The van der Waals surface area contributed by atoms with Crippen molar-refractivity contribution in [1.82, 2.24) is 4.98 Å². The topological polar surface area (TPSA) is 62.2 Å². The SMILES string of the molecule is COC(=O)/C(=C(/[O-])c1ccncc1)C(c1ccccc1)[P+](C)(C)c1ccccc1. The van der Waals surface area contributed by atoms with E-state index in [0.29, 0.717) is 5.56 Å². The third-order valence-electron chi connectivity index (χ3n) is 5.05. The summed E-state index contributed by atoms with van der Waals surface area (Å²) in [7, 11) is -0.681. The minimum absolute atomic E-state index is 0.159. The number of pyridine rings is 1. The van der Waals surface area contributed by atoms with E-state index >= 15 is 0 Å². The molecular formula is C24H24NO3P. The van der Waals surface area contributed by atoms with Crippen LogP contribution in [0.25, 0.3) is 5.76 Å². The van der Waals surface area contributed by atoms with Crippen molar-refractivity contribution in [3.63, 3.8) is 0 Å². The molecule has 0 spiro atoms. The zero-order valence-corrected chi connectivity index (χ0v) is 17.7. The van der Waals surface area contributed by atoms with Crippen molar-refractivity contribution in [2.45, 2.75) is 5.66 Å². The Labute approximate surface area is 172 Å². The molecule has 0 amide bonds. The van der Waals surface area contributed by atoms with Crippen molar-refractivity contribution in [2.24, 2.45) is 0 Å². The molecule has 5 heteroatoms. The monoisotopic (exact) mass is 405 g/mol. The first-order chi connectivity index (χ1) is 14.0. The molecule has 0 bridgehead atoms. The maximum atomic E-state index is 13.5. The maximum absolute atomic E-state index is 13.5. The molecule has 0 radical (unpaired) electrons. The summed E-state index contributed by atoms with van der Waals surface area (Å²) in [5, 5.41) is 14.6. The molecule has 1 atom stereocenters. The van der Waals surface area contributed by atoms with Crippen LogP contribution in [0.15, 0.2) is 90.8 Å². The van der Waals surface area contributed by atoms with Gasteiger partial charge in [0.2, 0.25) is 0 Å². The van der Waals surface area contributed by atoms with Gasteiger partial charge >= 0.3 is 5.97 Å². The maximum Gasteiger partial charge on any atom is 0.337 e. The van der Waals surface area contributed by atoms with Crippen LogP contribution in [0.1, 0.15) is 16.8 Å². The number of hydrogen-bond acceptors (Lipinski definition) is 4. The van der Waals surface area contributed by atoms with Crippen molar-refractivity contribution >= 4 is 24.3 Å². The Bertz CT molecular complexity index is 986. The fourth-order valence-corrected chi connectivity index (χ4v) is 6.58. The summed E-state index contributed by atoms with van der Waals surface area (Å²) in [6, 6.07) is 23.1. The van der Waals surface area contributed by atoms with Crippen molar-refractivity contribution in [3.8, 4) is 0 Å². The Morgan fingerprint density at radius 1 is 0.931 bits per heavy atom. The van der Waals surface area contributed by atoms with Gasteiger partial charge in [-0.2, -0.15) is 0 Å². The highest BCUT2D eigenvalue weighted by atomic mass is 31.2. The van der Waals surface area contributed by atoms with Crippen LogP contribution in [-0.4, -0.2) is 31.4 Å². The Hall–Kier alpha value is -2.97. The molecule has 3 aromatic rings. The number of ether oxygens (including phenoxy) is 1. The first-order valence-electron chi connectivity index (χ1n) is 9.31. The van der Waals surface area contributed by atoms with Crippen LogP contribution in [0, 0.1) is 0 Å². The van der Waals surface area contributed by atoms with Gasteiger partial charge in [-0.05, 0) is 35.4 Å². The van der Waals surface area contributed by atoms with E-state index in [4.69, 9.17) is 4.74 Å². The summed E-state index contributed by atoms with van der Waals surface area (Å²) in [6.45, 7) is 4.31. The number of carbonyl (C=O) groups is 1. The number of esters is 1. The van der Waals surface area contributed by atoms with E-state index in [1.54, 1.807) is 24.5 Å². The van der Waals surface area contributed by atoms with Crippen LogP contribution in [0.4, 0.5) is 0 Å². The van der Waals surface area contributed by atoms with Gasteiger partial charge in [0, 0.05) is 12.4 Å². The Morgan fingerprint density at radius 3 is 2.03 bits per heavy atom. The molecule has 148 valence electrons. The lowest BCUT2D eigenvalue weighted by Gasteiger charge is -2.32. The second-order valence-electron chi connectivity index (χ2n) is 7.16. The quantitative estimate of drug-likeness (QED) is 0.272. The Balaban J connectivity index is 2.30. The van der Waals surface area contributed by atoms with E-state index in [0.717, 1.165) is 10.9 Å².